The van der Waals surface area contributed by atoms with Gasteiger partial charge in [0.2, 0.25) is 0 Å². The molecule has 184 valence electrons. The highest BCUT2D eigenvalue weighted by Gasteiger charge is 2.72. The SMILES string of the molecule is CC(C)OC(=O)[C@@H](O)[C@H](O)C(=O)OC1=CC[C@@]2(O)[C@H]3Cc4ccc(O)c5c4C2(CCN3C)C1O5. The van der Waals surface area contributed by atoms with Crippen LogP contribution in [0.1, 0.15) is 37.8 Å². The summed E-state index contributed by atoms with van der Waals surface area (Å²) in [6, 6.07) is 3.18. The molecule has 10 heteroatoms. The van der Waals surface area contributed by atoms with Gasteiger partial charge in [-0.25, -0.2) is 9.59 Å². The number of likely N-dealkylation sites (tertiary alicyclic amines) is 1. The van der Waals surface area contributed by atoms with Crippen LogP contribution in [0.3, 0.4) is 0 Å². The number of esters is 2. The van der Waals surface area contributed by atoms with Crippen LogP contribution in [0, 0.1) is 0 Å². The van der Waals surface area contributed by atoms with Crippen molar-refractivity contribution in [3.63, 3.8) is 0 Å². The van der Waals surface area contributed by atoms with Crippen molar-refractivity contribution in [1.82, 2.24) is 4.90 Å². The van der Waals surface area contributed by atoms with Gasteiger partial charge in [-0.2, -0.15) is 0 Å². The smallest absolute Gasteiger partial charge is 0.343 e. The molecule has 1 spiro atoms. The fourth-order valence-corrected chi connectivity index (χ4v) is 6.17. The zero-order chi connectivity index (χ0) is 24.6. The Morgan fingerprint density at radius 2 is 1.91 bits per heavy atom. The first kappa shape index (κ1) is 23.1. The molecular weight excluding hydrogens is 446 g/mol. The van der Waals surface area contributed by atoms with Crippen LogP contribution in [0.2, 0.25) is 0 Å². The highest BCUT2D eigenvalue weighted by molar-refractivity contribution is 5.86. The summed E-state index contributed by atoms with van der Waals surface area (Å²) in [5, 5.41) is 42.9. The lowest BCUT2D eigenvalue weighted by Gasteiger charge is -2.61. The van der Waals surface area contributed by atoms with E-state index in [4.69, 9.17) is 14.2 Å². The monoisotopic (exact) mass is 475 g/mol. The number of phenolic OH excluding ortho intramolecular Hbond substituents is 1. The first-order chi connectivity index (χ1) is 16.0. The van der Waals surface area contributed by atoms with Gasteiger partial charge in [0.05, 0.1) is 17.1 Å². The molecule has 4 N–H and O–H groups in total. The van der Waals surface area contributed by atoms with E-state index in [0.29, 0.717) is 19.4 Å². The molecule has 2 aliphatic heterocycles. The summed E-state index contributed by atoms with van der Waals surface area (Å²) < 4.78 is 16.5. The summed E-state index contributed by atoms with van der Waals surface area (Å²) in [6.45, 7) is 3.80. The molecule has 1 saturated heterocycles. The number of carbonyl (C=O) groups is 2. The van der Waals surface area contributed by atoms with Gasteiger partial charge < -0.3 is 39.5 Å². The van der Waals surface area contributed by atoms with Gasteiger partial charge in [-0.1, -0.05) is 6.07 Å². The minimum Gasteiger partial charge on any atom is -0.504 e. The zero-order valence-electron chi connectivity index (χ0n) is 19.2. The second-order valence-electron chi connectivity index (χ2n) is 9.90. The Hall–Kier alpha value is -2.66. The predicted octanol–water partition coefficient (Wildman–Crippen LogP) is -0.114. The summed E-state index contributed by atoms with van der Waals surface area (Å²) in [7, 11) is 1.96. The summed E-state index contributed by atoms with van der Waals surface area (Å²) >= 11 is 0. The maximum absolute atomic E-state index is 12.7. The van der Waals surface area contributed by atoms with Crippen LogP contribution in [0.5, 0.6) is 11.5 Å². The lowest BCUT2D eigenvalue weighted by molar-refractivity contribution is -0.180. The number of piperidine rings is 1. The average Bonchev–Trinajstić information content (AvgIpc) is 3.14. The number of aromatic hydroxyl groups is 1. The number of benzene rings is 1. The molecule has 0 radical (unpaired) electrons. The number of nitrogens with zero attached hydrogens (tertiary/aromatic N) is 1. The predicted molar refractivity (Wildman–Crippen MR) is 116 cm³/mol. The molecule has 2 heterocycles. The second kappa shape index (κ2) is 7.67. The number of ether oxygens (including phenoxy) is 3. The quantitative estimate of drug-likeness (QED) is 0.425. The topological polar surface area (TPSA) is 146 Å². The fraction of sp³-hybridized carbons (Fsp3) is 0.583. The standard InChI is InChI=1S/C24H29NO9/c1-11(2)32-21(29)17(27)18(28)22(30)33-14-6-7-24(31)15-10-12-4-5-13(26)19-16(12)23(24,20(14)34-19)8-9-25(15)3/h4-6,11,15,17-18,20,26-28,31H,7-10H2,1-3H3/t15-,17+,18+,20?,23?,24-/m1/s1. The van der Waals surface area contributed by atoms with Crippen molar-refractivity contribution in [2.45, 2.75) is 74.6 Å². The lowest BCUT2D eigenvalue weighted by Crippen LogP contribution is -2.74. The zero-order valence-corrected chi connectivity index (χ0v) is 19.2. The molecule has 10 nitrogen and oxygen atoms in total. The number of carbonyl (C=O) groups excluding carboxylic acids is 2. The van der Waals surface area contributed by atoms with Crippen LogP contribution in [0.15, 0.2) is 24.0 Å². The second-order valence-corrected chi connectivity index (χ2v) is 9.90. The van der Waals surface area contributed by atoms with Gasteiger partial charge in [-0.3, -0.25) is 0 Å². The molecule has 1 aromatic carbocycles. The first-order valence-corrected chi connectivity index (χ1v) is 11.4. The molecular formula is C24H29NO9. The van der Waals surface area contributed by atoms with Crippen molar-refractivity contribution >= 4 is 11.9 Å². The third-order valence-corrected chi connectivity index (χ3v) is 7.71. The van der Waals surface area contributed by atoms with Crippen molar-refractivity contribution in [2.24, 2.45) is 0 Å². The van der Waals surface area contributed by atoms with Gasteiger partial charge in [0.25, 0.3) is 0 Å². The Bertz CT molecular complexity index is 1080. The van der Waals surface area contributed by atoms with Crippen LogP contribution < -0.4 is 4.74 Å². The third kappa shape index (κ3) is 2.95. The minimum atomic E-state index is -2.17. The highest BCUT2D eigenvalue weighted by Crippen LogP contribution is 2.65. The molecule has 4 aliphatic rings. The van der Waals surface area contributed by atoms with Crippen LogP contribution >= 0.6 is 0 Å². The molecule has 2 bridgehead atoms. The molecule has 1 aromatic rings. The van der Waals surface area contributed by atoms with E-state index in [0.717, 1.165) is 11.1 Å². The Morgan fingerprint density at radius 1 is 1.21 bits per heavy atom. The maximum atomic E-state index is 12.7. The lowest BCUT2D eigenvalue weighted by atomic mass is 9.50. The van der Waals surface area contributed by atoms with E-state index in [2.05, 4.69) is 4.90 Å². The van der Waals surface area contributed by atoms with Crippen LogP contribution in [0.25, 0.3) is 0 Å². The molecule has 1 fully saturated rings. The van der Waals surface area contributed by atoms with Crippen molar-refractivity contribution in [3.05, 3.63) is 35.1 Å². The molecule has 5 rings (SSSR count). The average molecular weight is 475 g/mol. The van der Waals surface area contributed by atoms with Gasteiger partial charge in [-0.05, 0) is 58.0 Å². The van der Waals surface area contributed by atoms with Crippen molar-refractivity contribution < 1.29 is 44.2 Å². The Balaban J connectivity index is 1.49. The molecule has 6 atom stereocenters. The largest absolute Gasteiger partial charge is 0.504 e. The maximum Gasteiger partial charge on any atom is 0.343 e. The number of aliphatic hydroxyl groups is 3. The number of likely N-dealkylation sites (N-methyl/N-ethyl adjacent to an activating group) is 1. The number of rotatable bonds is 5. The summed E-state index contributed by atoms with van der Waals surface area (Å²) in [5.74, 6) is -2.14. The molecule has 2 unspecified atom stereocenters. The normalized spacial score (nSPS) is 32.9. The molecule has 0 saturated carbocycles. The van der Waals surface area contributed by atoms with Crippen LogP contribution in [0.4, 0.5) is 0 Å². The van der Waals surface area contributed by atoms with Gasteiger partial charge in [0, 0.05) is 18.0 Å². The van der Waals surface area contributed by atoms with Crippen molar-refractivity contribution in [3.8, 4) is 11.5 Å². The fourth-order valence-electron chi connectivity index (χ4n) is 6.17. The first-order valence-electron chi connectivity index (χ1n) is 11.4. The van der Waals surface area contributed by atoms with E-state index in [1.165, 1.54) is 0 Å². The van der Waals surface area contributed by atoms with Gasteiger partial charge in [0.1, 0.15) is 5.76 Å². The number of phenols is 1. The van der Waals surface area contributed by atoms with E-state index in [1.807, 2.05) is 13.1 Å². The van der Waals surface area contributed by atoms with E-state index in [1.54, 1.807) is 26.0 Å². The Labute approximate surface area is 196 Å². The highest BCUT2D eigenvalue weighted by atomic mass is 16.6. The van der Waals surface area contributed by atoms with Crippen molar-refractivity contribution in [1.29, 1.82) is 0 Å². The van der Waals surface area contributed by atoms with E-state index in [9.17, 15) is 30.0 Å². The van der Waals surface area contributed by atoms with Crippen molar-refractivity contribution in [2.75, 3.05) is 13.6 Å². The number of aliphatic hydroxyl groups excluding tert-OH is 2. The number of hydrogen-bond acceptors (Lipinski definition) is 10. The van der Waals surface area contributed by atoms with E-state index in [-0.39, 0.29) is 29.7 Å². The molecule has 0 aromatic heterocycles. The number of hydrogen-bond donors (Lipinski definition) is 4. The third-order valence-electron chi connectivity index (χ3n) is 7.71. The molecule has 0 amide bonds. The van der Waals surface area contributed by atoms with Gasteiger partial charge in [0.15, 0.2) is 29.8 Å². The van der Waals surface area contributed by atoms with E-state index >= 15 is 0 Å². The summed E-state index contributed by atoms with van der Waals surface area (Å²) in [5.41, 5.74) is -0.509. The van der Waals surface area contributed by atoms with Gasteiger partial charge in [-0.15, -0.1) is 0 Å². The Kier molecular flexibility index (Phi) is 5.21. The molecule has 2 aliphatic carbocycles. The summed E-state index contributed by atoms with van der Waals surface area (Å²) in [6.07, 6.45) is -2.98. The van der Waals surface area contributed by atoms with Crippen LogP contribution in [-0.2, 0) is 30.9 Å². The Morgan fingerprint density at radius 3 is 2.62 bits per heavy atom. The molecule has 34 heavy (non-hydrogen) atoms. The summed E-state index contributed by atoms with van der Waals surface area (Å²) in [4.78, 5) is 26.7. The minimum absolute atomic E-state index is 0.0601. The van der Waals surface area contributed by atoms with E-state index < -0.39 is 47.4 Å². The van der Waals surface area contributed by atoms with Crippen LogP contribution in [-0.4, -0.2) is 86.9 Å². The van der Waals surface area contributed by atoms with Gasteiger partial charge >= 0.3 is 11.9 Å².